The summed E-state index contributed by atoms with van der Waals surface area (Å²) in [5.74, 6) is 0.617. The molecule has 0 bridgehead atoms. The van der Waals surface area contributed by atoms with Crippen LogP contribution < -0.4 is 5.32 Å². The second-order valence-electron chi connectivity index (χ2n) is 4.98. The highest BCUT2D eigenvalue weighted by molar-refractivity contribution is 5.47. The Balaban J connectivity index is 1.85. The highest BCUT2D eigenvalue weighted by Gasteiger charge is 2.17. The lowest BCUT2D eigenvalue weighted by Gasteiger charge is -2.17. The fraction of sp³-hybridized carbons (Fsp3) is 0.615. The predicted molar refractivity (Wildman–Crippen MR) is 73.9 cm³/mol. The Morgan fingerprint density at radius 3 is 3.10 bits per heavy atom. The molecule has 0 saturated carbocycles. The molecule has 1 aromatic rings. The van der Waals surface area contributed by atoms with E-state index in [2.05, 4.69) is 10.3 Å². The van der Waals surface area contributed by atoms with Crippen LogP contribution >= 0.6 is 0 Å². The lowest BCUT2D eigenvalue weighted by Crippen LogP contribution is -2.26. The minimum Gasteiger partial charge on any atom is -0.379 e. The minimum absolute atomic E-state index is 0.0301. The molecule has 1 saturated heterocycles. The molecule has 2 atom stereocenters. The van der Waals surface area contributed by atoms with E-state index in [1.165, 1.54) is 6.20 Å². The smallest absolute Gasteiger partial charge is 0.290 e. The van der Waals surface area contributed by atoms with Gasteiger partial charge in [0.05, 0.1) is 24.2 Å². The average Bonchev–Trinajstić information content (AvgIpc) is 2.89. The van der Waals surface area contributed by atoms with Crippen LogP contribution in [0.3, 0.4) is 0 Å². The zero-order chi connectivity index (χ0) is 14.5. The maximum absolute atomic E-state index is 10.7. The SMILES string of the molecule is Cc1cc(NC(C)COC2CCOC2)ncc1[N+](=O)[O-]. The molecule has 1 aromatic heterocycles. The number of nitrogens with zero attached hydrogens (tertiary/aromatic N) is 2. The van der Waals surface area contributed by atoms with Crippen LogP contribution in [0.4, 0.5) is 11.5 Å². The molecule has 0 radical (unpaired) electrons. The molecule has 1 N–H and O–H groups in total. The first-order chi connectivity index (χ1) is 9.56. The topological polar surface area (TPSA) is 86.5 Å². The summed E-state index contributed by atoms with van der Waals surface area (Å²) in [5.41, 5.74) is 0.618. The number of aromatic nitrogens is 1. The first-order valence-electron chi connectivity index (χ1n) is 6.63. The molecule has 1 fully saturated rings. The molecule has 7 nitrogen and oxygen atoms in total. The number of hydrogen-bond acceptors (Lipinski definition) is 6. The molecule has 0 spiro atoms. The van der Waals surface area contributed by atoms with Crippen molar-refractivity contribution >= 4 is 11.5 Å². The van der Waals surface area contributed by atoms with Crippen molar-refractivity contribution < 1.29 is 14.4 Å². The van der Waals surface area contributed by atoms with Gasteiger partial charge in [-0.15, -0.1) is 0 Å². The third kappa shape index (κ3) is 3.88. The van der Waals surface area contributed by atoms with Crippen LogP contribution in [0.25, 0.3) is 0 Å². The van der Waals surface area contributed by atoms with Crippen molar-refractivity contribution in [2.75, 3.05) is 25.1 Å². The van der Waals surface area contributed by atoms with E-state index in [9.17, 15) is 10.1 Å². The van der Waals surface area contributed by atoms with Gasteiger partial charge in [0, 0.05) is 18.2 Å². The van der Waals surface area contributed by atoms with Crippen molar-refractivity contribution in [2.45, 2.75) is 32.4 Å². The van der Waals surface area contributed by atoms with Gasteiger partial charge in [0.2, 0.25) is 0 Å². The number of rotatable bonds is 6. The second kappa shape index (κ2) is 6.62. The largest absolute Gasteiger partial charge is 0.379 e. The van der Waals surface area contributed by atoms with Gasteiger partial charge in [-0.25, -0.2) is 4.98 Å². The van der Waals surface area contributed by atoms with Crippen LogP contribution in [0.2, 0.25) is 0 Å². The summed E-state index contributed by atoms with van der Waals surface area (Å²) in [6.45, 7) is 5.64. The summed E-state index contributed by atoms with van der Waals surface area (Å²) in [5, 5.41) is 13.9. The predicted octanol–water partition coefficient (Wildman–Crippen LogP) is 1.90. The summed E-state index contributed by atoms with van der Waals surface area (Å²) in [4.78, 5) is 14.3. The van der Waals surface area contributed by atoms with Gasteiger partial charge >= 0.3 is 0 Å². The third-order valence-electron chi connectivity index (χ3n) is 3.14. The Morgan fingerprint density at radius 2 is 2.50 bits per heavy atom. The molecule has 1 aliphatic rings. The molecule has 2 rings (SSSR count). The van der Waals surface area contributed by atoms with Gasteiger partial charge in [0.15, 0.2) is 0 Å². The number of ether oxygens (including phenoxy) is 2. The molecule has 7 heteroatoms. The molecule has 2 heterocycles. The van der Waals surface area contributed by atoms with Crippen LogP contribution in [0.15, 0.2) is 12.3 Å². The molecular formula is C13H19N3O4. The van der Waals surface area contributed by atoms with Gasteiger partial charge in [-0.2, -0.15) is 0 Å². The monoisotopic (exact) mass is 281 g/mol. The lowest BCUT2D eigenvalue weighted by atomic mass is 10.2. The standard InChI is InChI=1S/C13H19N3O4/c1-9-5-13(14-6-12(9)16(17)18)15-10(2)7-20-11-3-4-19-8-11/h5-6,10-11H,3-4,7-8H2,1-2H3,(H,14,15). The molecular weight excluding hydrogens is 262 g/mol. The Kier molecular flexibility index (Phi) is 4.86. The van der Waals surface area contributed by atoms with Crippen LogP contribution in [-0.4, -0.2) is 41.9 Å². The van der Waals surface area contributed by atoms with E-state index in [1.807, 2.05) is 6.92 Å². The zero-order valence-corrected chi connectivity index (χ0v) is 11.7. The van der Waals surface area contributed by atoms with Crippen LogP contribution in [0.1, 0.15) is 18.9 Å². The normalized spacial score (nSPS) is 19.8. The fourth-order valence-corrected chi connectivity index (χ4v) is 2.04. The van der Waals surface area contributed by atoms with Crippen LogP contribution in [-0.2, 0) is 9.47 Å². The molecule has 0 amide bonds. The second-order valence-corrected chi connectivity index (χ2v) is 4.98. The summed E-state index contributed by atoms with van der Waals surface area (Å²) in [6.07, 6.45) is 2.38. The summed E-state index contributed by atoms with van der Waals surface area (Å²) in [7, 11) is 0. The van der Waals surface area contributed by atoms with E-state index in [4.69, 9.17) is 9.47 Å². The van der Waals surface area contributed by atoms with E-state index >= 15 is 0 Å². The van der Waals surface area contributed by atoms with Crippen molar-refractivity contribution in [1.82, 2.24) is 4.98 Å². The first kappa shape index (κ1) is 14.7. The number of pyridine rings is 1. The summed E-state index contributed by atoms with van der Waals surface area (Å²) < 4.78 is 10.9. The van der Waals surface area contributed by atoms with Gasteiger partial charge in [0.25, 0.3) is 5.69 Å². The average molecular weight is 281 g/mol. The molecule has 0 aromatic carbocycles. The Bertz CT molecular complexity index is 475. The molecule has 2 unspecified atom stereocenters. The van der Waals surface area contributed by atoms with Crippen molar-refractivity contribution in [3.05, 3.63) is 27.9 Å². The van der Waals surface area contributed by atoms with Gasteiger partial charge in [-0.05, 0) is 26.3 Å². The zero-order valence-electron chi connectivity index (χ0n) is 11.7. The van der Waals surface area contributed by atoms with Gasteiger partial charge < -0.3 is 14.8 Å². The highest BCUT2D eigenvalue weighted by atomic mass is 16.6. The maximum atomic E-state index is 10.7. The molecule has 0 aliphatic carbocycles. The van der Waals surface area contributed by atoms with Gasteiger partial charge in [-0.1, -0.05) is 0 Å². The first-order valence-corrected chi connectivity index (χ1v) is 6.63. The minimum atomic E-state index is -0.432. The van der Waals surface area contributed by atoms with E-state index in [-0.39, 0.29) is 17.8 Å². The summed E-state index contributed by atoms with van der Waals surface area (Å²) in [6, 6.07) is 1.75. The maximum Gasteiger partial charge on any atom is 0.290 e. The Hall–Kier alpha value is -1.73. The quantitative estimate of drug-likeness (QED) is 0.633. The molecule has 110 valence electrons. The lowest BCUT2D eigenvalue weighted by molar-refractivity contribution is -0.385. The number of aryl methyl sites for hydroxylation is 1. The van der Waals surface area contributed by atoms with Crippen LogP contribution in [0, 0.1) is 17.0 Å². The van der Waals surface area contributed by atoms with Crippen molar-refractivity contribution in [1.29, 1.82) is 0 Å². The van der Waals surface area contributed by atoms with Gasteiger partial charge in [-0.3, -0.25) is 10.1 Å². The van der Waals surface area contributed by atoms with Crippen molar-refractivity contribution in [3.8, 4) is 0 Å². The van der Waals surface area contributed by atoms with Crippen LogP contribution in [0.5, 0.6) is 0 Å². The molecule has 20 heavy (non-hydrogen) atoms. The summed E-state index contributed by atoms with van der Waals surface area (Å²) >= 11 is 0. The van der Waals surface area contributed by atoms with E-state index in [1.54, 1.807) is 13.0 Å². The number of hydrogen-bond donors (Lipinski definition) is 1. The van der Waals surface area contributed by atoms with Gasteiger partial charge in [0.1, 0.15) is 12.0 Å². The highest BCUT2D eigenvalue weighted by Crippen LogP contribution is 2.19. The third-order valence-corrected chi connectivity index (χ3v) is 3.14. The van der Waals surface area contributed by atoms with E-state index < -0.39 is 4.92 Å². The Morgan fingerprint density at radius 1 is 1.70 bits per heavy atom. The van der Waals surface area contributed by atoms with E-state index in [0.717, 1.165) is 13.0 Å². The van der Waals surface area contributed by atoms with Crippen molar-refractivity contribution in [3.63, 3.8) is 0 Å². The van der Waals surface area contributed by atoms with E-state index in [0.29, 0.717) is 24.6 Å². The Labute approximate surface area is 117 Å². The number of anilines is 1. The van der Waals surface area contributed by atoms with Crippen molar-refractivity contribution in [2.24, 2.45) is 0 Å². The number of nitrogens with one attached hydrogen (secondary N) is 1. The fourth-order valence-electron chi connectivity index (χ4n) is 2.04. The number of nitro groups is 1. The molecule has 1 aliphatic heterocycles.